The molecule has 2 aromatic rings. The summed E-state index contributed by atoms with van der Waals surface area (Å²) in [5.41, 5.74) is 1.70. The normalized spacial score (nSPS) is 17.4. The third kappa shape index (κ3) is 3.76. The predicted molar refractivity (Wildman–Crippen MR) is 95.6 cm³/mol. The van der Waals surface area contributed by atoms with Gasteiger partial charge in [-0.3, -0.25) is 9.59 Å². The van der Waals surface area contributed by atoms with Crippen molar-refractivity contribution >= 4 is 40.4 Å². The molecule has 0 aliphatic carbocycles. The van der Waals surface area contributed by atoms with E-state index in [0.29, 0.717) is 24.4 Å². The third-order valence-electron chi connectivity index (χ3n) is 3.95. The minimum Gasteiger partial charge on any atom is -0.351 e. The molecule has 2 amide bonds. The van der Waals surface area contributed by atoms with Crippen molar-refractivity contribution in [3.63, 3.8) is 0 Å². The lowest BCUT2D eigenvalue weighted by molar-refractivity contribution is -0.121. The maximum Gasteiger partial charge on any atom is 0.229 e. The van der Waals surface area contributed by atoms with Crippen LogP contribution in [0.4, 0.5) is 5.69 Å². The first-order valence-corrected chi connectivity index (χ1v) is 8.90. The van der Waals surface area contributed by atoms with Gasteiger partial charge in [0.15, 0.2) is 0 Å². The topological polar surface area (TPSA) is 62.3 Å². The van der Waals surface area contributed by atoms with Crippen molar-refractivity contribution < 1.29 is 9.59 Å². The molecule has 0 spiro atoms. The number of hydrogen-bond donors (Lipinski definition) is 1. The average molecular weight is 364 g/mol. The van der Waals surface area contributed by atoms with Gasteiger partial charge in [0.05, 0.1) is 23.2 Å². The van der Waals surface area contributed by atoms with Crippen LogP contribution < -0.4 is 10.2 Å². The highest BCUT2D eigenvalue weighted by atomic mass is 35.5. The summed E-state index contributed by atoms with van der Waals surface area (Å²) in [7, 11) is 0. The van der Waals surface area contributed by atoms with Gasteiger partial charge in [-0.15, -0.1) is 11.3 Å². The van der Waals surface area contributed by atoms with E-state index in [1.807, 2.05) is 26.0 Å². The molecule has 1 N–H and O–H groups in total. The zero-order valence-corrected chi connectivity index (χ0v) is 15.1. The van der Waals surface area contributed by atoms with Crippen molar-refractivity contribution in [3.05, 3.63) is 44.9 Å². The largest absolute Gasteiger partial charge is 0.351 e. The summed E-state index contributed by atoms with van der Waals surface area (Å²) in [4.78, 5) is 31.4. The molecule has 1 aromatic carbocycles. The van der Waals surface area contributed by atoms with Crippen LogP contribution in [0.2, 0.25) is 5.02 Å². The number of benzene rings is 1. The number of carbonyl (C=O) groups is 2. The van der Waals surface area contributed by atoms with Gasteiger partial charge in [0.1, 0.15) is 0 Å². The molecular weight excluding hydrogens is 346 g/mol. The van der Waals surface area contributed by atoms with Crippen LogP contribution >= 0.6 is 22.9 Å². The second-order valence-corrected chi connectivity index (χ2v) is 7.59. The zero-order chi connectivity index (χ0) is 17.3. The highest BCUT2D eigenvalue weighted by Gasteiger charge is 2.31. The number of carbonyl (C=O) groups excluding carboxylic acids is 2. The van der Waals surface area contributed by atoms with Crippen LogP contribution in [0.1, 0.15) is 22.0 Å². The summed E-state index contributed by atoms with van der Waals surface area (Å²) >= 11 is 7.42. The Morgan fingerprint density at radius 2 is 2.08 bits per heavy atom. The Bertz CT molecular complexity index is 773. The molecule has 2 heterocycles. The molecule has 0 radical (unpaired) electrons. The van der Waals surface area contributed by atoms with E-state index >= 15 is 0 Å². The van der Waals surface area contributed by atoms with Crippen LogP contribution in [0.15, 0.2) is 24.3 Å². The Kier molecular flexibility index (Phi) is 4.87. The van der Waals surface area contributed by atoms with Gasteiger partial charge in [0.25, 0.3) is 0 Å². The molecule has 0 saturated carbocycles. The van der Waals surface area contributed by atoms with Gasteiger partial charge in [-0.2, -0.15) is 0 Å². The Balaban J connectivity index is 1.60. The number of anilines is 1. The number of rotatable bonds is 4. The summed E-state index contributed by atoms with van der Waals surface area (Å²) in [5.74, 6) is -0.0649. The van der Waals surface area contributed by atoms with Gasteiger partial charge < -0.3 is 10.2 Å². The van der Waals surface area contributed by atoms with Crippen molar-refractivity contribution in [1.82, 2.24) is 10.3 Å². The lowest BCUT2D eigenvalue weighted by Gasteiger charge is -2.17. The van der Waals surface area contributed by atoms with Crippen LogP contribution in [0.25, 0.3) is 0 Å². The first-order valence-electron chi connectivity index (χ1n) is 7.70. The summed E-state index contributed by atoms with van der Waals surface area (Å²) in [6, 6.07) is 6.97. The van der Waals surface area contributed by atoms with E-state index in [4.69, 9.17) is 11.6 Å². The lowest BCUT2D eigenvalue weighted by atomic mass is 10.2. The van der Waals surface area contributed by atoms with Crippen LogP contribution in [0.5, 0.6) is 0 Å². The SMILES string of the molecule is Cc1nc(C)c(CC(=O)N[C@H]2CC(=O)N(c3ccc(Cl)cc3)C2)s1. The van der Waals surface area contributed by atoms with Crippen molar-refractivity contribution in [2.24, 2.45) is 0 Å². The molecule has 1 aliphatic heterocycles. The molecule has 5 nitrogen and oxygen atoms in total. The molecule has 1 saturated heterocycles. The zero-order valence-electron chi connectivity index (χ0n) is 13.5. The number of nitrogens with zero attached hydrogens (tertiary/aromatic N) is 2. The minimum atomic E-state index is -0.171. The number of hydrogen-bond acceptors (Lipinski definition) is 4. The van der Waals surface area contributed by atoms with Crippen LogP contribution in [0, 0.1) is 13.8 Å². The molecular formula is C17H18ClN3O2S. The second kappa shape index (κ2) is 6.91. The highest BCUT2D eigenvalue weighted by molar-refractivity contribution is 7.11. The van der Waals surface area contributed by atoms with Gasteiger partial charge in [0.2, 0.25) is 11.8 Å². The van der Waals surface area contributed by atoms with Gasteiger partial charge in [-0.1, -0.05) is 11.6 Å². The number of aromatic nitrogens is 1. The van der Waals surface area contributed by atoms with Crippen molar-refractivity contribution in [3.8, 4) is 0 Å². The Labute approximate surface area is 149 Å². The van der Waals surface area contributed by atoms with Gasteiger partial charge in [-0.05, 0) is 38.1 Å². The third-order valence-corrected chi connectivity index (χ3v) is 5.27. The molecule has 24 heavy (non-hydrogen) atoms. The number of halogens is 1. The van der Waals surface area contributed by atoms with Crippen molar-refractivity contribution in [2.75, 3.05) is 11.4 Å². The molecule has 0 unspecified atom stereocenters. The smallest absolute Gasteiger partial charge is 0.229 e. The standard InChI is InChI=1S/C17H18ClN3O2S/c1-10-15(24-11(2)19-10)8-16(22)20-13-7-17(23)21(9-13)14-5-3-12(18)4-6-14/h3-6,13H,7-9H2,1-2H3,(H,20,22)/t13-/m0/s1. The second-order valence-electron chi connectivity index (χ2n) is 5.87. The minimum absolute atomic E-state index is 0.00689. The fraction of sp³-hybridized carbons (Fsp3) is 0.353. The van der Waals surface area contributed by atoms with Gasteiger partial charge in [-0.25, -0.2) is 4.98 Å². The molecule has 1 aromatic heterocycles. The Hall–Kier alpha value is -1.92. The van der Waals surface area contributed by atoms with Crippen LogP contribution in [-0.2, 0) is 16.0 Å². The summed E-state index contributed by atoms with van der Waals surface area (Å²) in [6.45, 7) is 4.32. The Morgan fingerprint density at radius 3 is 2.71 bits per heavy atom. The van der Waals surface area contributed by atoms with E-state index < -0.39 is 0 Å². The van der Waals surface area contributed by atoms with E-state index in [0.717, 1.165) is 21.3 Å². The summed E-state index contributed by atoms with van der Waals surface area (Å²) < 4.78 is 0. The average Bonchev–Trinajstić information content (AvgIpc) is 3.02. The number of amides is 2. The number of nitrogens with one attached hydrogen (secondary N) is 1. The highest BCUT2D eigenvalue weighted by Crippen LogP contribution is 2.24. The first-order chi connectivity index (χ1) is 11.4. The summed E-state index contributed by atoms with van der Waals surface area (Å²) in [6.07, 6.45) is 0.623. The molecule has 1 fully saturated rings. The lowest BCUT2D eigenvalue weighted by Crippen LogP contribution is -2.38. The molecule has 3 rings (SSSR count). The van der Waals surface area contributed by atoms with Crippen molar-refractivity contribution in [2.45, 2.75) is 32.7 Å². The van der Waals surface area contributed by atoms with Crippen LogP contribution in [-0.4, -0.2) is 29.4 Å². The van der Waals surface area contributed by atoms with Crippen molar-refractivity contribution in [1.29, 1.82) is 0 Å². The van der Waals surface area contributed by atoms with Gasteiger partial charge >= 0.3 is 0 Å². The maximum absolute atomic E-state index is 12.2. The first kappa shape index (κ1) is 16.9. The van der Waals surface area contributed by atoms with E-state index in [2.05, 4.69) is 10.3 Å². The molecule has 7 heteroatoms. The van der Waals surface area contributed by atoms with E-state index in [-0.39, 0.29) is 17.9 Å². The summed E-state index contributed by atoms with van der Waals surface area (Å²) in [5, 5.41) is 4.55. The molecule has 1 aliphatic rings. The molecule has 126 valence electrons. The monoisotopic (exact) mass is 363 g/mol. The van der Waals surface area contributed by atoms with Gasteiger partial charge in [0, 0.05) is 28.6 Å². The Morgan fingerprint density at radius 1 is 1.38 bits per heavy atom. The maximum atomic E-state index is 12.2. The quantitative estimate of drug-likeness (QED) is 0.908. The van der Waals surface area contributed by atoms with E-state index in [1.165, 1.54) is 11.3 Å². The molecule has 0 bridgehead atoms. The van der Waals surface area contributed by atoms with E-state index in [9.17, 15) is 9.59 Å². The predicted octanol–water partition coefficient (Wildman–Crippen LogP) is 2.88. The molecule has 1 atom stereocenters. The van der Waals surface area contributed by atoms with Crippen LogP contribution in [0.3, 0.4) is 0 Å². The fourth-order valence-electron chi connectivity index (χ4n) is 2.84. The van der Waals surface area contributed by atoms with E-state index in [1.54, 1.807) is 17.0 Å². The fourth-order valence-corrected chi connectivity index (χ4v) is 3.90. The number of thiazole rings is 1. The number of aryl methyl sites for hydroxylation is 2.